The summed E-state index contributed by atoms with van der Waals surface area (Å²) in [7, 11) is 1.18. The molecule has 0 saturated carbocycles. The molecule has 0 saturated heterocycles. The molecule has 2 aromatic rings. The number of hydrogen-bond donors (Lipinski definition) is 2. The fourth-order valence-electron chi connectivity index (χ4n) is 2.60. The van der Waals surface area contributed by atoms with Crippen LogP contribution in [0.3, 0.4) is 0 Å². The first-order valence-electron chi connectivity index (χ1n) is 8.83. The Hall–Kier alpha value is -4.08. The molecule has 1 heterocycles. The lowest BCUT2D eigenvalue weighted by atomic mass is 10.1. The van der Waals surface area contributed by atoms with Crippen molar-refractivity contribution in [2.24, 2.45) is 0 Å². The van der Waals surface area contributed by atoms with Gasteiger partial charge in [0.05, 0.1) is 18.2 Å². The predicted octanol–water partition coefficient (Wildman–Crippen LogP) is 1.75. The van der Waals surface area contributed by atoms with Gasteiger partial charge in [-0.25, -0.2) is 14.4 Å². The second-order valence-corrected chi connectivity index (χ2v) is 5.97. The quantitative estimate of drug-likeness (QED) is 0.708. The maximum absolute atomic E-state index is 12.2. The normalized spacial score (nSPS) is 11.8. The van der Waals surface area contributed by atoms with Gasteiger partial charge in [-0.15, -0.1) is 0 Å². The van der Waals surface area contributed by atoms with Gasteiger partial charge < -0.3 is 24.3 Å². The molecule has 0 spiro atoms. The average molecular weight is 414 g/mol. The number of ether oxygens (including phenoxy) is 4. The number of imide groups is 1. The summed E-state index contributed by atoms with van der Waals surface area (Å²) in [5, 5.41) is 4.50. The van der Waals surface area contributed by atoms with Gasteiger partial charge in [0.1, 0.15) is 13.2 Å². The zero-order valence-electron chi connectivity index (χ0n) is 15.9. The van der Waals surface area contributed by atoms with Crippen molar-refractivity contribution in [1.29, 1.82) is 0 Å². The van der Waals surface area contributed by atoms with E-state index in [4.69, 9.17) is 14.2 Å². The van der Waals surface area contributed by atoms with E-state index < -0.39 is 30.5 Å². The van der Waals surface area contributed by atoms with Crippen molar-refractivity contribution in [3.8, 4) is 11.5 Å². The smallest absolute Gasteiger partial charge is 0.339 e. The number of carbonyl (C=O) groups excluding carboxylic acids is 4. The van der Waals surface area contributed by atoms with Crippen LogP contribution in [-0.4, -0.2) is 50.8 Å². The summed E-state index contributed by atoms with van der Waals surface area (Å²) in [5.41, 5.74) is 0.327. The van der Waals surface area contributed by atoms with Crippen LogP contribution in [0.4, 0.5) is 10.5 Å². The zero-order chi connectivity index (χ0) is 21.5. The van der Waals surface area contributed by atoms with Crippen LogP contribution in [0, 0.1) is 0 Å². The van der Waals surface area contributed by atoms with Gasteiger partial charge in [-0.2, -0.15) is 0 Å². The molecule has 2 aromatic carbocycles. The summed E-state index contributed by atoms with van der Waals surface area (Å²) >= 11 is 0. The minimum absolute atomic E-state index is 0.00163. The van der Waals surface area contributed by atoms with Crippen molar-refractivity contribution in [3.63, 3.8) is 0 Å². The Morgan fingerprint density at radius 1 is 0.933 bits per heavy atom. The van der Waals surface area contributed by atoms with Crippen LogP contribution in [0.15, 0.2) is 42.5 Å². The molecule has 0 aliphatic carbocycles. The largest absolute Gasteiger partial charge is 0.486 e. The third-order valence-electron chi connectivity index (χ3n) is 3.94. The lowest BCUT2D eigenvalue weighted by Gasteiger charge is -2.19. The monoisotopic (exact) mass is 414 g/mol. The van der Waals surface area contributed by atoms with Crippen LogP contribution < -0.4 is 20.1 Å². The molecule has 10 heteroatoms. The number of rotatable bonds is 5. The number of carbonyl (C=O) groups is 4. The van der Waals surface area contributed by atoms with Gasteiger partial charge in [0, 0.05) is 11.8 Å². The minimum Gasteiger partial charge on any atom is -0.486 e. The fraction of sp³-hybridized carbons (Fsp3) is 0.200. The summed E-state index contributed by atoms with van der Waals surface area (Å²) in [4.78, 5) is 47.7. The van der Waals surface area contributed by atoms with Crippen LogP contribution in [0.2, 0.25) is 0 Å². The van der Waals surface area contributed by atoms with Crippen LogP contribution in [0.5, 0.6) is 11.5 Å². The number of benzene rings is 2. The first kappa shape index (κ1) is 20.6. The van der Waals surface area contributed by atoms with E-state index in [9.17, 15) is 19.2 Å². The molecule has 156 valence electrons. The lowest BCUT2D eigenvalue weighted by Crippen LogP contribution is -2.37. The topological polar surface area (TPSA) is 129 Å². The van der Waals surface area contributed by atoms with Crippen LogP contribution in [-0.2, 0) is 14.3 Å². The number of hydrogen-bond acceptors (Lipinski definition) is 8. The number of esters is 2. The molecule has 2 N–H and O–H groups in total. The summed E-state index contributed by atoms with van der Waals surface area (Å²) < 4.78 is 20.3. The van der Waals surface area contributed by atoms with Gasteiger partial charge in [0.25, 0.3) is 5.91 Å². The molecule has 1 aliphatic heterocycles. The molecule has 3 rings (SSSR count). The first-order chi connectivity index (χ1) is 14.5. The highest BCUT2D eigenvalue weighted by Crippen LogP contribution is 2.32. The van der Waals surface area contributed by atoms with E-state index >= 15 is 0 Å². The zero-order valence-corrected chi connectivity index (χ0v) is 15.9. The maximum Gasteiger partial charge on any atom is 0.339 e. The second kappa shape index (κ2) is 9.41. The van der Waals surface area contributed by atoms with E-state index in [0.29, 0.717) is 30.4 Å². The molecule has 0 atom stereocenters. The Kier molecular flexibility index (Phi) is 6.48. The predicted molar refractivity (Wildman–Crippen MR) is 103 cm³/mol. The summed E-state index contributed by atoms with van der Waals surface area (Å²) in [6.45, 7) is 0.117. The van der Waals surface area contributed by atoms with E-state index in [-0.39, 0.29) is 11.1 Å². The molecule has 0 unspecified atom stereocenters. The molecular formula is C20H18N2O8. The SMILES string of the molecule is COC(=O)c1ccccc1C(=O)OCC(=O)NC(=O)Nc1ccc2c(c1)OCCO2. The van der Waals surface area contributed by atoms with Crippen LogP contribution in [0.25, 0.3) is 0 Å². The molecule has 0 radical (unpaired) electrons. The van der Waals surface area contributed by atoms with Gasteiger partial charge in [-0.3, -0.25) is 10.1 Å². The van der Waals surface area contributed by atoms with Gasteiger partial charge in [-0.1, -0.05) is 12.1 Å². The van der Waals surface area contributed by atoms with Crippen molar-refractivity contribution < 1.29 is 38.1 Å². The highest BCUT2D eigenvalue weighted by atomic mass is 16.6. The number of anilines is 1. The maximum atomic E-state index is 12.2. The number of urea groups is 1. The highest BCUT2D eigenvalue weighted by Gasteiger charge is 2.20. The van der Waals surface area contributed by atoms with Gasteiger partial charge in [0.2, 0.25) is 0 Å². The Labute approximate surface area is 171 Å². The Bertz CT molecular complexity index is 989. The summed E-state index contributed by atoms with van der Waals surface area (Å²) in [6.07, 6.45) is 0. The third kappa shape index (κ3) is 5.04. The minimum atomic E-state index is -0.904. The molecule has 3 amide bonds. The fourth-order valence-corrected chi connectivity index (χ4v) is 2.60. The van der Waals surface area contributed by atoms with E-state index in [1.165, 1.54) is 25.3 Å². The molecule has 1 aliphatic rings. The van der Waals surface area contributed by atoms with E-state index in [0.717, 1.165) is 0 Å². The van der Waals surface area contributed by atoms with Crippen molar-refractivity contribution >= 4 is 29.6 Å². The molecule has 0 aromatic heterocycles. The third-order valence-corrected chi connectivity index (χ3v) is 3.94. The van der Waals surface area contributed by atoms with Crippen molar-refractivity contribution in [1.82, 2.24) is 5.32 Å². The van der Waals surface area contributed by atoms with Gasteiger partial charge >= 0.3 is 18.0 Å². The first-order valence-corrected chi connectivity index (χ1v) is 8.83. The van der Waals surface area contributed by atoms with E-state index in [1.807, 2.05) is 5.32 Å². The number of amides is 3. The van der Waals surface area contributed by atoms with Crippen molar-refractivity contribution in [2.75, 3.05) is 32.2 Å². The number of methoxy groups -OCH3 is 1. The average Bonchev–Trinajstić information content (AvgIpc) is 2.76. The highest BCUT2D eigenvalue weighted by molar-refractivity contribution is 6.05. The molecule has 0 fully saturated rings. The van der Waals surface area contributed by atoms with Crippen LogP contribution in [0.1, 0.15) is 20.7 Å². The Morgan fingerprint density at radius 3 is 2.30 bits per heavy atom. The van der Waals surface area contributed by atoms with Gasteiger partial charge in [0.15, 0.2) is 18.1 Å². The molecule has 30 heavy (non-hydrogen) atoms. The van der Waals surface area contributed by atoms with E-state index in [2.05, 4.69) is 10.1 Å². The summed E-state index contributed by atoms with van der Waals surface area (Å²) in [6, 6.07) is 9.80. The summed E-state index contributed by atoms with van der Waals surface area (Å²) in [5.74, 6) is -1.44. The lowest BCUT2D eigenvalue weighted by molar-refractivity contribution is -0.123. The number of nitrogens with one attached hydrogen (secondary N) is 2. The number of fused-ring (bicyclic) bond motifs is 1. The molecule has 0 bridgehead atoms. The Morgan fingerprint density at radius 2 is 1.60 bits per heavy atom. The molecule has 10 nitrogen and oxygen atoms in total. The van der Waals surface area contributed by atoms with E-state index in [1.54, 1.807) is 24.3 Å². The van der Waals surface area contributed by atoms with Crippen molar-refractivity contribution in [2.45, 2.75) is 0 Å². The van der Waals surface area contributed by atoms with Crippen molar-refractivity contribution in [3.05, 3.63) is 53.6 Å². The van der Waals surface area contributed by atoms with Crippen LogP contribution >= 0.6 is 0 Å². The standard InChI is InChI=1S/C20H18N2O8/c1-27-18(24)13-4-2-3-5-14(13)19(25)30-11-17(23)22-20(26)21-12-6-7-15-16(10-12)29-9-8-28-15/h2-7,10H,8-9,11H2,1H3,(H2,21,22,23,26). The van der Waals surface area contributed by atoms with Gasteiger partial charge in [-0.05, 0) is 24.3 Å². The second-order valence-electron chi connectivity index (χ2n) is 5.97. The Balaban J connectivity index is 1.52. The molecular weight excluding hydrogens is 396 g/mol.